The van der Waals surface area contributed by atoms with Crippen LogP contribution in [-0.4, -0.2) is 131 Å². The molecule has 13 fully saturated rings. The van der Waals surface area contributed by atoms with Gasteiger partial charge in [-0.2, -0.15) is 0 Å². The third-order valence-corrected chi connectivity index (χ3v) is 20.9. The Balaban J connectivity index is 0.843. The number of ether oxygens (including phenoxy) is 8. The minimum Gasteiger partial charge on any atom is -0.481 e. The molecule has 11 heterocycles. The predicted octanol–water partition coefficient (Wildman–Crippen LogP) is 2.75. The maximum Gasteiger partial charge on any atom is 0.317 e. The number of esters is 4. The number of hydrogen-bond acceptors (Lipinski definition) is 15. The Morgan fingerprint density at radius 2 is 1.13 bits per heavy atom. The van der Waals surface area contributed by atoms with Crippen LogP contribution in [0.2, 0.25) is 0 Å². The van der Waals surface area contributed by atoms with E-state index >= 15 is 0 Å². The number of rotatable bonds is 12. The molecule has 30 unspecified atom stereocenters. The number of fused-ring (bicyclic) bond motifs is 27. The second kappa shape index (κ2) is 14.9. The fourth-order valence-corrected chi connectivity index (χ4v) is 18.8. The molecule has 13 aliphatic rings. The molecule has 2 saturated carbocycles. The number of carboxylic acids is 2. The molecule has 2 aliphatic carbocycles. The Labute approximate surface area is 388 Å². The lowest BCUT2D eigenvalue weighted by Gasteiger charge is -2.48. The molecular formula is C50H64O17. The molecule has 17 heteroatoms. The fraction of sp³-hybridized carbons (Fsp3) is 0.880. The van der Waals surface area contributed by atoms with E-state index in [2.05, 4.69) is 6.92 Å². The Morgan fingerprint density at radius 3 is 1.69 bits per heavy atom. The SMILES string of the molecule is CC1C(=O)OC(=O)C1CC1C(CC2C(CC3C(C)C4CC(C(=O)OC(C)(C)C)C3O4)C3OC2C2C4CC(CC4C(=O)OCCO)C32)C2OC1C1C3OC(C21)C1C2OC(C(C(=O)O)C2C(=O)O)C31. The first-order valence-corrected chi connectivity index (χ1v) is 25.4. The smallest absolute Gasteiger partial charge is 0.317 e. The zero-order valence-electron chi connectivity index (χ0n) is 38.5. The highest BCUT2D eigenvalue weighted by Gasteiger charge is 2.80. The van der Waals surface area contributed by atoms with E-state index in [1.54, 1.807) is 6.92 Å². The summed E-state index contributed by atoms with van der Waals surface area (Å²) in [5.41, 5.74) is -0.630. The van der Waals surface area contributed by atoms with Crippen molar-refractivity contribution in [3.05, 3.63) is 0 Å². The molecule has 3 N–H and O–H groups in total. The largest absolute Gasteiger partial charge is 0.481 e. The third-order valence-electron chi connectivity index (χ3n) is 20.9. The van der Waals surface area contributed by atoms with Gasteiger partial charge in [-0.15, -0.1) is 0 Å². The second-order valence-corrected chi connectivity index (χ2v) is 24.4. The number of cyclic esters (lactones) is 2. The van der Waals surface area contributed by atoms with E-state index in [9.17, 15) is 44.1 Å². The summed E-state index contributed by atoms with van der Waals surface area (Å²) in [5, 5.41) is 30.1. The lowest BCUT2D eigenvalue weighted by Crippen LogP contribution is -2.57. The molecule has 11 saturated heterocycles. The van der Waals surface area contributed by atoms with E-state index < -0.39 is 71.5 Å². The number of carbonyl (C=O) groups is 6. The van der Waals surface area contributed by atoms with Crippen LogP contribution >= 0.6 is 0 Å². The van der Waals surface area contributed by atoms with Gasteiger partial charge < -0.3 is 53.2 Å². The van der Waals surface area contributed by atoms with Crippen molar-refractivity contribution < 1.29 is 82.0 Å². The van der Waals surface area contributed by atoms with Gasteiger partial charge in [0.05, 0.1) is 103 Å². The van der Waals surface area contributed by atoms with Crippen LogP contribution in [0.15, 0.2) is 0 Å². The summed E-state index contributed by atoms with van der Waals surface area (Å²) >= 11 is 0. The van der Waals surface area contributed by atoms with Gasteiger partial charge in [-0.05, 0) is 118 Å². The quantitative estimate of drug-likeness (QED) is 0.145. The van der Waals surface area contributed by atoms with Crippen LogP contribution in [-0.2, 0) is 66.7 Å². The molecule has 0 amide bonds. The average molecular weight is 937 g/mol. The van der Waals surface area contributed by atoms with Gasteiger partial charge in [-0.1, -0.05) is 13.8 Å². The Morgan fingerprint density at radius 1 is 0.597 bits per heavy atom. The van der Waals surface area contributed by atoms with Gasteiger partial charge in [0.2, 0.25) is 0 Å². The average Bonchev–Trinajstić information content (AvgIpc) is 4.11. The van der Waals surface area contributed by atoms with Crippen molar-refractivity contribution in [2.45, 2.75) is 140 Å². The highest BCUT2D eigenvalue weighted by Crippen LogP contribution is 2.73. The van der Waals surface area contributed by atoms with Crippen LogP contribution in [0.5, 0.6) is 0 Å². The molecule has 67 heavy (non-hydrogen) atoms. The number of carbonyl (C=O) groups excluding carboxylic acids is 4. The normalized spacial score (nSPS) is 56.0. The van der Waals surface area contributed by atoms with Crippen LogP contribution in [0.25, 0.3) is 0 Å². The van der Waals surface area contributed by atoms with E-state index in [1.807, 2.05) is 20.8 Å². The molecule has 366 valence electrons. The molecule has 0 aromatic carbocycles. The maximum absolute atomic E-state index is 13.7. The van der Waals surface area contributed by atoms with E-state index in [0.29, 0.717) is 25.2 Å². The topological polar surface area (TPSA) is 237 Å². The maximum atomic E-state index is 13.7. The number of hydrogen-bond donors (Lipinski definition) is 3. The summed E-state index contributed by atoms with van der Waals surface area (Å²) < 4.78 is 51.1. The van der Waals surface area contributed by atoms with E-state index in [0.717, 1.165) is 19.3 Å². The van der Waals surface area contributed by atoms with Crippen molar-refractivity contribution in [3.8, 4) is 0 Å². The van der Waals surface area contributed by atoms with Gasteiger partial charge >= 0.3 is 35.8 Å². The molecule has 0 aromatic heterocycles. The van der Waals surface area contributed by atoms with Crippen molar-refractivity contribution in [1.82, 2.24) is 0 Å². The number of aliphatic carboxylic acids is 2. The summed E-state index contributed by atoms with van der Waals surface area (Å²) in [4.78, 5) is 78.7. The van der Waals surface area contributed by atoms with Gasteiger partial charge in [0.15, 0.2) is 0 Å². The molecule has 13 rings (SSSR count). The van der Waals surface area contributed by atoms with Gasteiger partial charge in [0, 0.05) is 23.7 Å². The fourth-order valence-electron chi connectivity index (χ4n) is 18.8. The molecule has 30 atom stereocenters. The van der Waals surface area contributed by atoms with Crippen molar-refractivity contribution in [2.24, 2.45) is 118 Å². The minimum atomic E-state index is -1.18. The van der Waals surface area contributed by atoms with E-state index in [-0.39, 0.29) is 157 Å². The van der Waals surface area contributed by atoms with Gasteiger partial charge in [-0.25, -0.2) is 0 Å². The molecule has 17 nitrogen and oxygen atoms in total. The molecule has 0 aromatic rings. The van der Waals surface area contributed by atoms with Crippen molar-refractivity contribution in [2.75, 3.05) is 13.2 Å². The van der Waals surface area contributed by atoms with Crippen LogP contribution in [0.3, 0.4) is 0 Å². The Hall–Kier alpha value is -3.22. The van der Waals surface area contributed by atoms with Crippen LogP contribution in [0, 0.1) is 118 Å². The molecular weight excluding hydrogens is 873 g/mol. The highest BCUT2D eigenvalue weighted by atomic mass is 16.6. The zero-order chi connectivity index (χ0) is 46.6. The first kappa shape index (κ1) is 43.8. The van der Waals surface area contributed by atoms with E-state index in [4.69, 9.17) is 37.9 Å². The lowest BCUT2D eigenvalue weighted by molar-refractivity contribution is -0.163. The van der Waals surface area contributed by atoms with Crippen molar-refractivity contribution in [1.29, 1.82) is 0 Å². The molecule has 11 aliphatic heterocycles. The van der Waals surface area contributed by atoms with Gasteiger partial charge in [0.1, 0.15) is 12.2 Å². The summed E-state index contributed by atoms with van der Waals surface area (Å²) in [5.74, 6) is -7.97. The number of aliphatic hydroxyl groups excluding tert-OH is 1. The van der Waals surface area contributed by atoms with Gasteiger partial charge in [0.25, 0.3) is 0 Å². The zero-order valence-corrected chi connectivity index (χ0v) is 38.5. The van der Waals surface area contributed by atoms with Crippen molar-refractivity contribution in [3.63, 3.8) is 0 Å². The second-order valence-electron chi connectivity index (χ2n) is 24.4. The van der Waals surface area contributed by atoms with Crippen LogP contribution in [0.4, 0.5) is 0 Å². The lowest BCUT2D eigenvalue weighted by atomic mass is 9.52. The van der Waals surface area contributed by atoms with Gasteiger partial charge in [-0.3, -0.25) is 28.8 Å². The Kier molecular flexibility index (Phi) is 9.74. The molecule has 0 radical (unpaired) electrons. The van der Waals surface area contributed by atoms with Crippen LogP contribution in [0.1, 0.15) is 73.1 Å². The third kappa shape index (κ3) is 5.93. The number of aliphatic hydroxyl groups is 1. The summed E-state index contributed by atoms with van der Waals surface area (Å²) in [6.45, 7) is 9.37. The predicted molar refractivity (Wildman–Crippen MR) is 222 cm³/mol. The first-order chi connectivity index (χ1) is 31.9. The number of carboxylic acid groups (broad SMARTS) is 2. The summed E-state index contributed by atoms with van der Waals surface area (Å²) in [6, 6.07) is 0. The summed E-state index contributed by atoms with van der Waals surface area (Å²) in [6.07, 6.45) is 0.609. The van der Waals surface area contributed by atoms with Crippen molar-refractivity contribution >= 4 is 35.8 Å². The minimum absolute atomic E-state index is 0.0281. The first-order valence-electron chi connectivity index (χ1n) is 25.4. The van der Waals surface area contributed by atoms with E-state index in [1.165, 1.54) is 0 Å². The monoisotopic (exact) mass is 936 g/mol. The molecule has 0 spiro atoms. The Bertz CT molecular complexity index is 2160. The summed E-state index contributed by atoms with van der Waals surface area (Å²) in [7, 11) is 0. The molecule has 12 bridgehead atoms. The highest BCUT2D eigenvalue weighted by molar-refractivity contribution is 5.96. The standard InChI is InChI=1S/C50H64O17/c1-14-17(35-25(13-26(14)61-35)49(59)67-50(3,4)5)10-20-22(37-28-19-8-16(27(28)36(20)62-37)9-24(19)47(57)60-7-6-51)12-23-21(11-18-15(2)46(56)66-48(18)58)38-29-30(39(23)63-38)41-32-31(40(29)64-41)42-33(44(52)53)34(45(54)55)43(32)65-42/h14-43,51H,6-13H2,1-5H3,(H,52,53)(H,54,55). The van der Waals surface area contributed by atoms with Crippen LogP contribution < -0.4 is 0 Å².